The fourth-order valence-electron chi connectivity index (χ4n) is 5.37. The van der Waals surface area contributed by atoms with Crippen LogP contribution in [-0.2, 0) is 33.2 Å². The molecule has 258 valence electrons. The molecule has 0 bridgehead atoms. The van der Waals surface area contributed by atoms with Crippen LogP contribution in [0.3, 0.4) is 0 Å². The molecular formula is C24H42O20. The molecular weight excluding hydrogens is 608 g/mol. The lowest BCUT2D eigenvalue weighted by molar-refractivity contribution is -0.372. The molecule has 20 atom stereocenters. The Kier molecular flexibility index (Phi) is 12.3. The third-order valence-corrected chi connectivity index (χ3v) is 8.15. The van der Waals surface area contributed by atoms with Crippen LogP contribution in [0.25, 0.3) is 0 Å². The first-order chi connectivity index (χ1) is 20.7. The summed E-state index contributed by atoms with van der Waals surface area (Å²) in [6, 6.07) is 0. The van der Waals surface area contributed by atoms with Crippen molar-refractivity contribution in [1.29, 1.82) is 0 Å². The van der Waals surface area contributed by atoms with E-state index in [0.717, 1.165) is 0 Å². The Balaban J connectivity index is 1.34. The van der Waals surface area contributed by atoms with Gasteiger partial charge >= 0.3 is 0 Å². The van der Waals surface area contributed by atoms with Gasteiger partial charge < -0.3 is 99.5 Å². The second kappa shape index (κ2) is 15.0. The van der Waals surface area contributed by atoms with E-state index in [1.807, 2.05) is 0 Å². The summed E-state index contributed by atoms with van der Waals surface area (Å²) in [4.78, 5) is 0. The van der Waals surface area contributed by atoms with Gasteiger partial charge in [0.05, 0.1) is 25.9 Å². The maximum Gasteiger partial charge on any atom is 0.187 e. The molecule has 4 heterocycles. The zero-order valence-corrected chi connectivity index (χ0v) is 23.3. The van der Waals surface area contributed by atoms with Crippen molar-refractivity contribution in [1.82, 2.24) is 0 Å². The lowest BCUT2D eigenvalue weighted by atomic mass is 9.96. The molecule has 4 aliphatic rings. The predicted molar refractivity (Wildman–Crippen MR) is 132 cm³/mol. The highest BCUT2D eigenvalue weighted by Crippen LogP contribution is 2.32. The minimum absolute atomic E-state index is 0.674. The zero-order chi connectivity index (χ0) is 32.6. The average molecular weight is 651 g/mol. The lowest BCUT2D eigenvalue weighted by Gasteiger charge is -2.46. The van der Waals surface area contributed by atoms with Crippen LogP contribution in [0.1, 0.15) is 6.92 Å². The van der Waals surface area contributed by atoms with E-state index in [-0.39, 0.29) is 0 Å². The van der Waals surface area contributed by atoms with E-state index in [1.54, 1.807) is 0 Å². The van der Waals surface area contributed by atoms with Crippen molar-refractivity contribution in [3.05, 3.63) is 0 Å². The monoisotopic (exact) mass is 650 g/mol. The molecule has 0 aromatic heterocycles. The van der Waals surface area contributed by atoms with E-state index in [0.29, 0.717) is 0 Å². The van der Waals surface area contributed by atoms with Crippen molar-refractivity contribution in [3.63, 3.8) is 0 Å². The first kappa shape index (κ1) is 36.0. The van der Waals surface area contributed by atoms with Crippen LogP contribution in [0.15, 0.2) is 0 Å². The van der Waals surface area contributed by atoms with E-state index in [4.69, 9.17) is 33.2 Å². The Morgan fingerprint density at radius 1 is 0.455 bits per heavy atom. The third kappa shape index (κ3) is 7.19. The topological polar surface area (TPSA) is 328 Å². The zero-order valence-electron chi connectivity index (χ0n) is 23.3. The highest BCUT2D eigenvalue weighted by atomic mass is 16.8. The van der Waals surface area contributed by atoms with Gasteiger partial charge in [-0.25, -0.2) is 0 Å². The van der Waals surface area contributed by atoms with Crippen LogP contribution in [0.2, 0.25) is 0 Å². The maximum absolute atomic E-state index is 10.7. The normalized spacial score (nSPS) is 53.9. The Hall–Kier alpha value is -0.800. The van der Waals surface area contributed by atoms with Crippen molar-refractivity contribution in [3.8, 4) is 0 Å². The van der Waals surface area contributed by atoms with Crippen molar-refractivity contribution in [2.75, 3.05) is 19.8 Å². The molecule has 0 aromatic carbocycles. The summed E-state index contributed by atoms with van der Waals surface area (Å²) in [5.74, 6) is 0. The summed E-state index contributed by atoms with van der Waals surface area (Å²) in [5.41, 5.74) is 0. The van der Waals surface area contributed by atoms with E-state index in [2.05, 4.69) is 0 Å². The van der Waals surface area contributed by atoms with Crippen molar-refractivity contribution < 1.29 is 99.5 Å². The van der Waals surface area contributed by atoms with Gasteiger partial charge in [0, 0.05) is 0 Å². The van der Waals surface area contributed by atoms with Crippen LogP contribution in [0.5, 0.6) is 0 Å². The highest BCUT2D eigenvalue weighted by molar-refractivity contribution is 4.96. The van der Waals surface area contributed by atoms with Gasteiger partial charge in [-0.05, 0) is 6.92 Å². The van der Waals surface area contributed by atoms with Crippen LogP contribution in [0, 0.1) is 0 Å². The number of ether oxygens (including phenoxy) is 7. The molecule has 20 nitrogen and oxygen atoms in total. The molecule has 4 rings (SSSR count). The van der Waals surface area contributed by atoms with Crippen molar-refractivity contribution in [2.45, 2.75) is 130 Å². The fraction of sp³-hybridized carbons (Fsp3) is 1.00. The van der Waals surface area contributed by atoms with E-state index < -0.39 is 143 Å². The van der Waals surface area contributed by atoms with Crippen LogP contribution in [0.4, 0.5) is 0 Å². The molecule has 4 fully saturated rings. The number of hydrogen-bond donors (Lipinski definition) is 13. The van der Waals surface area contributed by atoms with Gasteiger partial charge in [-0.15, -0.1) is 0 Å². The van der Waals surface area contributed by atoms with Crippen LogP contribution >= 0.6 is 0 Å². The molecule has 44 heavy (non-hydrogen) atoms. The van der Waals surface area contributed by atoms with Gasteiger partial charge in [0.2, 0.25) is 0 Å². The van der Waals surface area contributed by atoms with Gasteiger partial charge in [-0.2, -0.15) is 0 Å². The predicted octanol–water partition coefficient (Wildman–Crippen LogP) is -8.72. The van der Waals surface area contributed by atoms with Crippen molar-refractivity contribution >= 4 is 0 Å². The maximum atomic E-state index is 10.7. The Labute approximate surface area is 249 Å². The number of aliphatic hydroxyl groups excluding tert-OH is 13. The molecule has 0 aromatic rings. The third-order valence-electron chi connectivity index (χ3n) is 8.15. The largest absolute Gasteiger partial charge is 0.394 e. The smallest absolute Gasteiger partial charge is 0.187 e. The molecule has 0 spiro atoms. The quantitative estimate of drug-likeness (QED) is 0.110. The summed E-state index contributed by atoms with van der Waals surface area (Å²) < 4.78 is 37.5. The van der Waals surface area contributed by atoms with E-state index in [9.17, 15) is 66.4 Å². The Bertz CT molecular complexity index is 898. The van der Waals surface area contributed by atoms with E-state index >= 15 is 0 Å². The average Bonchev–Trinajstić information content (AvgIpc) is 3.00. The Morgan fingerprint density at radius 2 is 0.932 bits per heavy atom. The van der Waals surface area contributed by atoms with Gasteiger partial charge in [-0.3, -0.25) is 0 Å². The number of rotatable bonds is 9. The first-order valence-electron chi connectivity index (χ1n) is 14.0. The highest BCUT2D eigenvalue weighted by Gasteiger charge is 2.53. The lowest BCUT2D eigenvalue weighted by Crippen LogP contribution is -2.65. The summed E-state index contributed by atoms with van der Waals surface area (Å²) >= 11 is 0. The summed E-state index contributed by atoms with van der Waals surface area (Å²) in [6.45, 7) is -0.845. The summed E-state index contributed by atoms with van der Waals surface area (Å²) in [6.07, 6.45) is -33.2. The molecule has 1 unspecified atom stereocenters. The van der Waals surface area contributed by atoms with Gasteiger partial charge in [-0.1, -0.05) is 0 Å². The minimum Gasteiger partial charge on any atom is -0.394 e. The standard InChI is InChI=1S/C24H42O20/c1-5-9(27)12(30)16(34)23(39-5)43-19-7(3-26)42-22(18(36)15(19)33)38-4-8-11(29)14(32)20(21(37)40-8)44-24-17(35)13(31)10(28)6(2-25)41-24/h5-37H,2-4H2,1H3/t5-,6+,7+,8+,9-,10+,11+,12+,13-,14-,15+,16+,17+,18+,19+,20+,21?,22+,23-,24-/m0/s1. The number of hydrogen-bond acceptors (Lipinski definition) is 20. The van der Waals surface area contributed by atoms with Gasteiger partial charge in [0.15, 0.2) is 25.2 Å². The molecule has 20 heteroatoms. The summed E-state index contributed by atoms with van der Waals surface area (Å²) in [5, 5.41) is 132. The number of aliphatic hydroxyl groups is 13. The molecule has 0 amide bonds. The van der Waals surface area contributed by atoms with Crippen LogP contribution in [-0.4, -0.2) is 209 Å². The minimum atomic E-state index is -1.99. The second-order valence-electron chi connectivity index (χ2n) is 11.2. The molecule has 0 saturated carbocycles. The molecule has 4 aliphatic heterocycles. The molecule has 13 N–H and O–H groups in total. The van der Waals surface area contributed by atoms with Crippen molar-refractivity contribution in [2.24, 2.45) is 0 Å². The second-order valence-corrected chi connectivity index (χ2v) is 11.2. The fourth-order valence-corrected chi connectivity index (χ4v) is 5.37. The molecule has 0 aliphatic carbocycles. The summed E-state index contributed by atoms with van der Waals surface area (Å²) in [7, 11) is 0. The van der Waals surface area contributed by atoms with Crippen LogP contribution < -0.4 is 0 Å². The van der Waals surface area contributed by atoms with E-state index in [1.165, 1.54) is 6.92 Å². The van der Waals surface area contributed by atoms with Gasteiger partial charge in [0.25, 0.3) is 0 Å². The SMILES string of the molecule is C[C@@H]1O[C@@H](O[C@H]2[C@H](O)[C@@H](O)[C@H](OC[C@H]3OC(O)[C@H](O[C@@H]4O[C@H](CO)[C@@H](O)[C@H](O)[C@H]4O)[C@@H](O)[C@@H]3O)O[C@@H]2CO)[C@H](O)[C@H](O)[C@H]1O. The molecule has 0 radical (unpaired) electrons. The Morgan fingerprint density at radius 3 is 1.55 bits per heavy atom. The molecule has 4 saturated heterocycles. The van der Waals surface area contributed by atoms with Gasteiger partial charge in [0.1, 0.15) is 91.6 Å². The first-order valence-corrected chi connectivity index (χ1v) is 14.0.